The maximum absolute atomic E-state index is 13.7. The number of carbonyl (C=O) groups excluding carboxylic acids is 1. The number of carbonyl (C=O) groups is 1. The maximum Gasteiger partial charge on any atom is 0.573 e. The first-order valence-electron chi connectivity index (χ1n) is 13.4. The maximum atomic E-state index is 13.7. The minimum absolute atomic E-state index is 0. The van der Waals surface area contributed by atoms with Crippen LogP contribution in [-0.4, -0.2) is 54.2 Å². The van der Waals surface area contributed by atoms with Gasteiger partial charge in [0.05, 0.1) is 19.6 Å². The van der Waals surface area contributed by atoms with Crippen LogP contribution in [0.2, 0.25) is 0 Å². The summed E-state index contributed by atoms with van der Waals surface area (Å²) in [6.07, 6.45) is -1.47. The fourth-order valence-electron chi connectivity index (χ4n) is 6.13. The number of piperidine rings is 3. The number of esters is 1. The number of aliphatic hydroxyl groups is 1. The summed E-state index contributed by atoms with van der Waals surface area (Å²) in [7, 11) is 0. The molecule has 9 heteroatoms. The number of fused-ring (bicyclic) bond motifs is 3. The lowest BCUT2D eigenvalue weighted by molar-refractivity contribution is -0.946. The topological polar surface area (TPSA) is 55.8 Å². The average molecular weight is 621 g/mol. The van der Waals surface area contributed by atoms with Crippen LogP contribution in [0.1, 0.15) is 36.0 Å². The van der Waals surface area contributed by atoms with E-state index in [1.165, 1.54) is 12.1 Å². The summed E-state index contributed by atoms with van der Waals surface area (Å²) in [6, 6.07) is 23.8. The third-order valence-electron chi connectivity index (χ3n) is 8.23. The molecule has 3 saturated heterocycles. The number of nitrogens with zero attached hydrogens (tertiary/aromatic N) is 1. The summed E-state index contributed by atoms with van der Waals surface area (Å²) < 4.78 is 48.2. The zero-order valence-electron chi connectivity index (χ0n) is 22.0. The predicted molar refractivity (Wildman–Crippen MR) is 140 cm³/mol. The second kappa shape index (κ2) is 12.3. The second-order valence-electron chi connectivity index (χ2n) is 10.7. The van der Waals surface area contributed by atoms with Crippen molar-refractivity contribution in [3.05, 3.63) is 102 Å². The highest BCUT2D eigenvalue weighted by atomic mass is 79.9. The minimum Gasteiger partial charge on any atom is -1.00 e. The molecular formula is C31H33BrF3NO4. The molecule has 3 fully saturated rings. The summed E-state index contributed by atoms with van der Waals surface area (Å²) >= 11 is 0. The van der Waals surface area contributed by atoms with Gasteiger partial charge in [-0.25, -0.2) is 4.79 Å². The van der Waals surface area contributed by atoms with E-state index in [0.717, 1.165) is 55.4 Å². The molecule has 0 saturated carbocycles. The van der Waals surface area contributed by atoms with Crippen molar-refractivity contribution in [1.82, 2.24) is 0 Å². The van der Waals surface area contributed by atoms with Crippen LogP contribution in [-0.2, 0) is 21.6 Å². The zero-order chi connectivity index (χ0) is 27.5. The largest absolute Gasteiger partial charge is 1.00 e. The van der Waals surface area contributed by atoms with Gasteiger partial charge in [-0.2, -0.15) is 0 Å². The summed E-state index contributed by atoms with van der Waals surface area (Å²) in [5, 5.41) is 11.8. The van der Waals surface area contributed by atoms with Crippen LogP contribution in [0.4, 0.5) is 13.2 Å². The molecule has 3 aromatic carbocycles. The lowest BCUT2D eigenvalue weighted by Gasteiger charge is -2.52. The second-order valence-corrected chi connectivity index (χ2v) is 10.7. The van der Waals surface area contributed by atoms with Crippen molar-refractivity contribution in [2.24, 2.45) is 5.92 Å². The molecule has 3 aliphatic heterocycles. The molecular weight excluding hydrogens is 587 g/mol. The molecule has 5 nitrogen and oxygen atoms in total. The number of alkyl halides is 3. The van der Waals surface area contributed by atoms with Crippen LogP contribution in [0.25, 0.3) is 0 Å². The molecule has 1 unspecified atom stereocenters. The van der Waals surface area contributed by atoms with Gasteiger partial charge in [0, 0.05) is 25.2 Å². The Bertz CT molecular complexity index is 1210. The Balaban J connectivity index is 0.00000370. The van der Waals surface area contributed by atoms with Crippen LogP contribution in [0.3, 0.4) is 0 Å². The van der Waals surface area contributed by atoms with Gasteiger partial charge in [-0.1, -0.05) is 72.8 Å². The van der Waals surface area contributed by atoms with Crippen LogP contribution in [0.15, 0.2) is 84.9 Å². The van der Waals surface area contributed by atoms with Gasteiger partial charge >= 0.3 is 12.3 Å². The highest BCUT2D eigenvalue weighted by Crippen LogP contribution is 2.38. The van der Waals surface area contributed by atoms with Crippen molar-refractivity contribution in [2.75, 3.05) is 26.2 Å². The Hall–Kier alpha value is -2.88. The molecule has 0 aromatic heterocycles. The molecule has 40 heavy (non-hydrogen) atoms. The Morgan fingerprint density at radius 3 is 1.95 bits per heavy atom. The number of quaternary nitrogens is 1. The van der Waals surface area contributed by atoms with E-state index >= 15 is 0 Å². The van der Waals surface area contributed by atoms with Gasteiger partial charge < -0.3 is 36.0 Å². The first kappa shape index (κ1) is 30.1. The molecule has 1 atom stereocenters. The summed E-state index contributed by atoms with van der Waals surface area (Å²) in [6.45, 7) is 3.62. The van der Waals surface area contributed by atoms with E-state index in [1.807, 2.05) is 12.1 Å². The Labute approximate surface area is 242 Å². The lowest BCUT2D eigenvalue weighted by Crippen LogP contribution is -3.00. The quantitative estimate of drug-likeness (QED) is 0.296. The summed E-state index contributed by atoms with van der Waals surface area (Å²) in [5.41, 5.74) is -0.00843. The Kier molecular flexibility index (Phi) is 9.27. The molecule has 6 rings (SSSR count). The van der Waals surface area contributed by atoms with Crippen molar-refractivity contribution in [2.45, 2.75) is 43.8 Å². The molecule has 3 heterocycles. The highest BCUT2D eigenvalue weighted by Gasteiger charge is 2.50. The van der Waals surface area contributed by atoms with Gasteiger partial charge in [0.25, 0.3) is 0 Å². The van der Waals surface area contributed by atoms with Gasteiger partial charge in [-0.3, -0.25) is 0 Å². The van der Waals surface area contributed by atoms with Crippen molar-refractivity contribution >= 4 is 5.97 Å². The van der Waals surface area contributed by atoms with Crippen molar-refractivity contribution in [3.8, 4) is 5.75 Å². The van der Waals surface area contributed by atoms with Gasteiger partial charge in [-0.05, 0) is 35.2 Å². The smallest absolute Gasteiger partial charge is 0.573 e. The SMILES string of the molecule is O=C(OC1C[N+]2(CCCc3ccc(OC(F)(F)F)cc3)CCC1CC2)C(O)(c1ccccc1)c1ccccc1.[Br-]. The van der Waals surface area contributed by atoms with Gasteiger partial charge in [0.2, 0.25) is 5.60 Å². The first-order chi connectivity index (χ1) is 18.7. The Morgan fingerprint density at radius 2 is 1.43 bits per heavy atom. The molecule has 3 aliphatic rings. The molecule has 0 aliphatic carbocycles. The van der Waals surface area contributed by atoms with E-state index in [2.05, 4.69) is 4.74 Å². The van der Waals surface area contributed by atoms with Crippen LogP contribution >= 0.6 is 0 Å². The van der Waals surface area contributed by atoms with Crippen LogP contribution in [0, 0.1) is 5.92 Å². The van der Waals surface area contributed by atoms with Crippen molar-refractivity contribution < 1.29 is 54.0 Å². The molecule has 1 N–H and O–H groups in total. The lowest BCUT2D eigenvalue weighted by atomic mass is 9.82. The summed E-state index contributed by atoms with van der Waals surface area (Å²) in [4.78, 5) is 13.7. The van der Waals surface area contributed by atoms with E-state index in [4.69, 9.17) is 4.74 Å². The number of rotatable bonds is 9. The van der Waals surface area contributed by atoms with E-state index < -0.39 is 17.9 Å². The van der Waals surface area contributed by atoms with Gasteiger partial charge in [0.1, 0.15) is 12.3 Å². The standard InChI is InChI=1S/C31H33F3NO4.BrH/c32-31(33,34)39-27-15-13-23(14-16-27)8-7-19-35-20-17-24(18-21-35)28(22-35)38-29(36)30(37,25-9-3-1-4-10-25)26-11-5-2-6-12-26;/h1-6,9-16,24,28,37H,7-8,17-22H2;1H/q+1;/p-1. The number of hydrogen-bond acceptors (Lipinski definition) is 4. The van der Waals surface area contributed by atoms with Crippen LogP contribution in [0.5, 0.6) is 5.75 Å². The monoisotopic (exact) mass is 619 g/mol. The fraction of sp³-hybridized carbons (Fsp3) is 0.387. The van der Waals surface area contributed by atoms with Crippen LogP contribution < -0.4 is 21.7 Å². The minimum atomic E-state index is -4.70. The number of benzene rings is 3. The number of halogens is 4. The average Bonchev–Trinajstić information content (AvgIpc) is 2.94. The number of ether oxygens (including phenoxy) is 2. The molecule has 0 radical (unpaired) electrons. The van der Waals surface area contributed by atoms with E-state index in [0.29, 0.717) is 17.7 Å². The van der Waals surface area contributed by atoms with Crippen molar-refractivity contribution in [1.29, 1.82) is 0 Å². The van der Waals surface area contributed by atoms with Gasteiger partial charge in [0.15, 0.2) is 6.10 Å². The first-order valence-corrected chi connectivity index (χ1v) is 13.4. The molecule has 0 amide bonds. The highest BCUT2D eigenvalue weighted by molar-refractivity contribution is 5.85. The Morgan fingerprint density at radius 1 is 0.875 bits per heavy atom. The fourth-order valence-corrected chi connectivity index (χ4v) is 6.13. The van der Waals surface area contributed by atoms with Crippen molar-refractivity contribution in [3.63, 3.8) is 0 Å². The molecule has 214 valence electrons. The summed E-state index contributed by atoms with van der Waals surface area (Å²) in [5.74, 6) is -0.606. The van der Waals surface area contributed by atoms with E-state index in [1.54, 1.807) is 60.7 Å². The third kappa shape index (κ3) is 6.70. The zero-order valence-corrected chi connectivity index (χ0v) is 23.6. The van der Waals surface area contributed by atoms with E-state index in [-0.39, 0.29) is 34.8 Å². The number of aryl methyl sites for hydroxylation is 1. The number of hydrogen-bond donors (Lipinski definition) is 1. The third-order valence-corrected chi connectivity index (χ3v) is 8.23. The van der Waals surface area contributed by atoms with E-state index in [9.17, 15) is 23.1 Å². The normalized spacial score (nSPS) is 22.3. The van der Waals surface area contributed by atoms with Gasteiger partial charge in [-0.15, -0.1) is 13.2 Å². The predicted octanol–water partition coefficient (Wildman–Crippen LogP) is 2.61. The molecule has 3 aromatic rings. The molecule has 0 spiro atoms. The molecule has 2 bridgehead atoms.